The van der Waals surface area contributed by atoms with E-state index in [-0.39, 0.29) is 18.7 Å². The lowest BCUT2D eigenvalue weighted by Gasteiger charge is -2.23. The summed E-state index contributed by atoms with van der Waals surface area (Å²) < 4.78 is 6.81. The van der Waals surface area contributed by atoms with Crippen LogP contribution in [0.5, 0.6) is 5.75 Å². The number of aliphatic hydroxyl groups is 1. The summed E-state index contributed by atoms with van der Waals surface area (Å²) in [6.45, 7) is 3.03. The van der Waals surface area contributed by atoms with Gasteiger partial charge in [0.1, 0.15) is 5.75 Å². The molecule has 0 bridgehead atoms. The SMILES string of the molecule is CC[C@@H](CO)NC1CCCOc2cc(Br)ccc21. The summed E-state index contributed by atoms with van der Waals surface area (Å²) in [7, 11) is 0. The predicted molar refractivity (Wildman–Crippen MR) is 75.9 cm³/mol. The Kier molecular flexibility index (Phi) is 5.03. The largest absolute Gasteiger partial charge is 0.493 e. The van der Waals surface area contributed by atoms with Crippen LogP contribution in [-0.2, 0) is 0 Å². The van der Waals surface area contributed by atoms with Gasteiger partial charge >= 0.3 is 0 Å². The van der Waals surface area contributed by atoms with Gasteiger partial charge in [-0.05, 0) is 31.4 Å². The lowest BCUT2D eigenvalue weighted by Crippen LogP contribution is -2.35. The quantitative estimate of drug-likeness (QED) is 0.897. The van der Waals surface area contributed by atoms with E-state index in [1.165, 1.54) is 5.56 Å². The third-order valence-electron chi connectivity index (χ3n) is 3.40. The van der Waals surface area contributed by atoms with E-state index in [2.05, 4.69) is 34.2 Å². The van der Waals surface area contributed by atoms with Crippen LogP contribution < -0.4 is 10.1 Å². The molecule has 1 aliphatic rings. The summed E-state index contributed by atoms with van der Waals surface area (Å²) in [6, 6.07) is 6.60. The normalized spacial score (nSPS) is 20.7. The van der Waals surface area contributed by atoms with Gasteiger partial charge in [0.2, 0.25) is 0 Å². The van der Waals surface area contributed by atoms with Crippen molar-refractivity contribution in [2.45, 2.75) is 38.3 Å². The smallest absolute Gasteiger partial charge is 0.125 e. The Morgan fingerprint density at radius 2 is 2.39 bits per heavy atom. The number of rotatable bonds is 4. The molecule has 1 aliphatic heterocycles. The van der Waals surface area contributed by atoms with Crippen molar-refractivity contribution in [1.82, 2.24) is 5.32 Å². The minimum atomic E-state index is 0.157. The second kappa shape index (κ2) is 6.55. The van der Waals surface area contributed by atoms with Crippen molar-refractivity contribution in [3.63, 3.8) is 0 Å². The fraction of sp³-hybridized carbons (Fsp3) is 0.571. The summed E-state index contributed by atoms with van der Waals surface area (Å²) in [5.41, 5.74) is 1.20. The van der Waals surface area contributed by atoms with Crippen molar-refractivity contribution in [2.75, 3.05) is 13.2 Å². The van der Waals surface area contributed by atoms with E-state index in [0.717, 1.165) is 36.1 Å². The maximum Gasteiger partial charge on any atom is 0.125 e. The minimum Gasteiger partial charge on any atom is -0.493 e. The molecule has 2 atom stereocenters. The highest BCUT2D eigenvalue weighted by molar-refractivity contribution is 9.10. The highest BCUT2D eigenvalue weighted by Gasteiger charge is 2.21. The van der Waals surface area contributed by atoms with Gasteiger partial charge in [-0.3, -0.25) is 0 Å². The molecule has 0 aliphatic carbocycles. The molecule has 18 heavy (non-hydrogen) atoms. The summed E-state index contributed by atoms with van der Waals surface area (Å²) in [5.74, 6) is 0.951. The zero-order chi connectivity index (χ0) is 13.0. The van der Waals surface area contributed by atoms with Crippen LogP contribution in [0.1, 0.15) is 37.8 Å². The molecule has 2 N–H and O–H groups in total. The fourth-order valence-electron chi connectivity index (χ4n) is 2.30. The highest BCUT2D eigenvalue weighted by Crippen LogP contribution is 2.34. The Labute approximate surface area is 117 Å². The van der Waals surface area contributed by atoms with Gasteiger partial charge in [-0.25, -0.2) is 0 Å². The molecule has 0 spiro atoms. The minimum absolute atomic E-state index is 0.157. The Morgan fingerprint density at radius 1 is 1.56 bits per heavy atom. The molecule has 0 saturated heterocycles. The van der Waals surface area contributed by atoms with E-state index in [9.17, 15) is 5.11 Å². The summed E-state index contributed by atoms with van der Waals surface area (Å²) in [5, 5.41) is 12.8. The fourth-order valence-corrected chi connectivity index (χ4v) is 2.64. The van der Waals surface area contributed by atoms with Crippen LogP contribution in [0.3, 0.4) is 0 Å². The standard InChI is InChI=1S/C14H20BrNO2/c1-2-11(9-17)16-13-4-3-7-18-14-8-10(15)5-6-12(13)14/h5-6,8,11,13,16-17H,2-4,7,9H2,1H3/t11-,13?/m0/s1. The molecule has 1 aromatic rings. The number of ether oxygens (including phenoxy) is 1. The van der Waals surface area contributed by atoms with Crippen molar-refractivity contribution >= 4 is 15.9 Å². The third-order valence-corrected chi connectivity index (χ3v) is 3.89. The Morgan fingerprint density at radius 3 is 3.11 bits per heavy atom. The van der Waals surface area contributed by atoms with Gasteiger partial charge in [0.15, 0.2) is 0 Å². The summed E-state index contributed by atoms with van der Waals surface area (Å²) >= 11 is 3.47. The average molecular weight is 314 g/mol. The van der Waals surface area contributed by atoms with Crippen LogP contribution >= 0.6 is 15.9 Å². The Bertz CT molecular complexity index is 393. The maximum absolute atomic E-state index is 9.32. The molecule has 0 saturated carbocycles. The molecule has 3 nitrogen and oxygen atoms in total. The highest BCUT2D eigenvalue weighted by atomic mass is 79.9. The van der Waals surface area contributed by atoms with Gasteiger partial charge in [0.25, 0.3) is 0 Å². The Hall–Kier alpha value is -0.580. The number of hydrogen-bond donors (Lipinski definition) is 2. The molecule has 0 fully saturated rings. The molecule has 0 aromatic heterocycles. The molecular formula is C14H20BrNO2. The van der Waals surface area contributed by atoms with Gasteiger partial charge in [-0.1, -0.05) is 28.9 Å². The molecule has 100 valence electrons. The lowest BCUT2D eigenvalue weighted by molar-refractivity contribution is 0.225. The van der Waals surface area contributed by atoms with E-state index >= 15 is 0 Å². The number of halogens is 1. The first kappa shape index (κ1) is 13.8. The van der Waals surface area contributed by atoms with E-state index in [1.54, 1.807) is 0 Å². The molecule has 1 aromatic carbocycles. The van der Waals surface area contributed by atoms with E-state index in [4.69, 9.17) is 4.74 Å². The van der Waals surface area contributed by atoms with Crippen LogP contribution in [0, 0.1) is 0 Å². The third kappa shape index (κ3) is 3.25. The number of benzene rings is 1. The van der Waals surface area contributed by atoms with Crippen molar-refractivity contribution in [2.24, 2.45) is 0 Å². The maximum atomic E-state index is 9.32. The molecule has 2 rings (SSSR count). The van der Waals surface area contributed by atoms with Gasteiger partial charge < -0.3 is 15.2 Å². The van der Waals surface area contributed by atoms with Crippen LogP contribution in [0.25, 0.3) is 0 Å². The monoisotopic (exact) mass is 313 g/mol. The van der Waals surface area contributed by atoms with Crippen molar-refractivity contribution in [3.8, 4) is 5.75 Å². The number of hydrogen-bond acceptors (Lipinski definition) is 3. The average Bonchev–Trinajstić information content (AvgIpc) is 2.57. The van der Waals surface area contributed by atoms with Crippen LogP contribution in [-0.4, -0.2) is 24.4 Å². The Balaban J connectivity index is 2.21. The number of fused-ring (bicyclic) bond motifs is 1. The summed E-state index contributed by atoms with van der Waals surface area (Å²) in [4.78, 5) is 0. The van der Waals surface area contributed by atoms with Gasteiger partial charge in [-0.2, -0.15) is 0 Å². The van der Waals surface area contributed by atoms with E-state index in [0.29, 0.717) is 0 Å². The zero-order valence-corrected chi connectivity index (χ0v) is 12.2. The first-order chi connectivity index (χ1) is 8.74. The molecule has 0 radical (unpaired) electrons. The number of aliphatic hydroxyl groups excluding tert-OH is 1. The van der Waals surface area contributed by atoms with Crippen molar-refractivity contribution in [1.29, 1.82) is 0 Å². The molecule has 0 amide bonds. The van der Waals surface area contributed by atoms with Crippen molar-refractivity contribution in [3.05, 3.63) is 28.2 Å². The number of nitrogens with one attached hydrogen (secondary N) is 1. The topological polar surface area (TPSA) is 41.5 Å². The first-order valence-electron chi connectivity index (χ1n) is 6.53. The predicted octanol–water partition coefficient (Wildman–Crippen LogP) is 3.02. The van der Waals surface area contributed by atoms with Gasteiger partial charge in [-0.15, -0.1) is 0 Å². The van der Waals surface area contributed by atoms with Crippen LogP contribution in [0.2, 0.25) is 0 Å². The molecule has 4 heteroatoms. The van der Waals surface area contributed by atoms with Gasteiger partial charge in [0.05, 0.1) is 13.2 Å². The zero-order valence-electron chi connectivity index (χ0n) is 10.7. The van der Waals surface area contributed by atoms with E-state index in [1.807, 2.05) is 12.1 Å². The second-order valence-corrected chi connectivity index (χ2v) is 5.60. The summed E-state index contributed by atoms with van der Waals surface area (Å²) in [6.07, 6.45) is 3.01. The van der Waals surface area contributed by atoms with Crippen LogP contribution in [0.4, 0.5) is 0 Å². The molecular weight excluding hydrogens is 294 g/mol. The van der Waals surface area contributed by atoms with Gasteiger partial charge in [0, 0.05) is 22.1 Å². The molecule has 1 heterocycles. The lowest BCUT2D eigenvalue weighted by atomic mass is 10.0. The van der Waals surface area contributed by atoms with Crippen molar-refractivity contribution < 1.29 is 9.84 Å². The molecule has 1 unspecified atom stereocenters. The van der Waals surface area contributed by atoms with Crippen LogP contribution in [0.15, 0.2) is 22.7 Å². The first-order valence-corrected chi connectivity index (χ1v) is 7.33. The van der Waals surface area contributed by atoms with E-state index < -0.39 is 0 Å². The second-order valence-electron chi connectivity index (χ2n) is 4.68.